The number of oxazole rings is 1. The molecule has 0 aliphatic heterocycles. The average molecular weight is 443 g/mol. The zero-order valence-electron chi connectivity index (χ0n) is 18.0. The lowest BCUT2D eigenvalue weighted by Gasteiger charge is -2.31. The van der Waals surface area contributed by atoms with Gasteiger partial charge in [0.15, 0.2) is 18.1 Å². The molecule has 5 nitrogen and oxygen atoms in total. The number of nitrogens with one attached hydrogen (secondary N) is 1. The van der Waals surface area contributed by atoms with Crippen molar-refractivity contribution in [2.24, 2.45) is 0 Å². The summed E-state index contributed by atoms with van der Waals surface area (Å²) in [7, 11) is 1.11. The van der Waals surface area contributed by atoms with E-state index < -0.39 is 18.1 Å². The van der Waals surface area contributed by atoms with Crippen LogP contribution < -0.4 is 5.32 Å². The number of hydrogen-bond acceptors (Lipinski definition) is 4. The van der Waals surface area contributed by atoms with Crippen molar-refractivity contribution in [2.45, 2.75) is 43.9 Å². The van der Waals surface area contributed by atoms with Crippen LogP contribution in [0.1, 0.15) is 47.1 Å². The first kappa shape index (κ1) is 21.9. The van der Waals surface area contributed by atoms with Gasteiger partial charge in [-0.15, -0.1) is 0 Å². The Bertz CT molecular complexity index is 1090. The standard InChI is InChI=1S/C24H24F3N3O2/c1-23(2)18-7-5-4-6-16(18)12-20(23)29-17-10-8-15(9-11-17)21(24(25,26)27)30(3)22(31)19-13-32-14-28-19/h4-11,13-14,20-21,29H,12H2,1-3H3. The van der Waals surface area contributed by atoms with Gasteiger partial charge in [0.05, 0.1) is 0 Å². The van der Waals surface area contributed by atoms with E-state index >= 15 is 0 Å². The second-order valence-electron chi connectivity index (χ2n) is 8.64. The number of fused-ring (bicyclic) bond motifs is 1. The topological polar surface area (TPSA) is 58.4 Å². The number of benzene rings is 2. The summed E-state index contributed by atoms with van der Waals surface area (Å²) in [6.45, 7) is 4.32. The van der Waals surface area contributed by atoms with Crippen LogP contribution in [-0.4, -0.2) is 35.1 Å². The van der Waals surface area contributed by atoms with Crippen molar-refractivity contribution in [1.29, 1.82) is 0 Å². The summed E-state index contributed by atoms with van der Waals surface area (Å²) in [5, 5.41) is 3.47. The number of hydrogen-bond donors (Lipinski definition) is 1. The molecule has 168 valence electrons. The van der Waals surface area contributed by atoms with Crippen LogP contribution in [0.5, 0.6) is 0 Å². The van der Waals surface area contributed by atoms with Gasteiger partial charge in [-0.2, -0.15) is 13.2 Å². The van der Waals surface area contributed by atoms with Gasteiger partial charge in [-0.25, -0.2) is 4.98 Å². The second kappa shape index (κ2) is 8.00. The number of nitrogens with zero attached hydrogens (tertiary/aromatic N) is 2. The number of rotatable bonds is 5. The van der Waals surface area contributed by atoms with E-state index in [2.05, 4.69) is 36.3 Å². The fourth-order valence-corrected chi connectivity index (χ4v) is 4.43. The van der Waals surface area contributed by atoms with Gasteiger partial charge in [0, 0.05) is 24.2 Å². The maximum absolute atomic E-state index is 13.9. The molecule has 1 aromatic heterocycles. The number of anilines is 1. The molecule has 1 aliphatic rings. The third-order valence-corrected chi connectivity index (χ3v) is 6.24. The SMILES string of the molecule is CN(C(=O)c1cocn1)C(c1ccc(NC2Cc3ccccc3C2(C)C)cc1)C(F)(F)F. The fraction of sp³-hybridized carbons (Fsp3) is 0.333. The normalized spacial score (nSPS) is 18.1. The van der Waals surface area contributed by atoms with E-state index in [0.29, 0.717) is 4.90 Å². The van der Waals surface area contributed by atoms with E-state index in [9.17, 15) is 18.0 Å². The Morgan fingerprint density at radius 3 is 2.47 bits per heavy atom. The van der Waals surface area contributed by atoms with Crippen LogP contribution >= 0.6 is 0 Å². The van der Waals surface area contributed by atoms with Crippen LogP contribution in [0, 0.1) is 0 Å². The molecule has 2 atom stereocenters. The molecule has 0 bridgehead atoms. The van der Waals surface area contributed by atoms with Crippen LogP contribution in [0.3, 0.4) is 0 Å². The van der Waals surface area contributed by atoms with Crippen molar-refractivity contribution in [1.82, 2.24) is 9.88 Å². The molecule has 0 saturated heterocycles. The fourth-order valence-electron chi connectivity index (χ4n) is 4.43. The van der Waals surface area contributed by atoms with Gasteiger partial charge in [0.2, 0.25) is 0 Å². The average Bonchev–Trinajstić information content (AvgIpc) is 3.35. The van der Waals surface area contributed by atoms with Gasteiger partial charge < -0.3 is 14.6 Å². The maximum Gasteiger partial charge on any atom is 0.413 e. The molecule has 3 aromatic rings. The molecule has 1 N–H and O–H groups in total. The minimum absolute atomic E-state index is 0.0311. The second-order valence-corrected chi connectivity index (χ2v) is 8.64. The molecular formula is C24H24F3N3O2. The van der Waals surface area contributed by atoms with Crippen LogP contribution in [0.15, 0.2) is 65.6 Å². The van der Waals surface area contributed by atoms with E-state index in [0.717, 1.165) is 31.8 Å². The summed E-state index contributed by atoms with van der Waals surface area (Å²) >= 11 is 0. The summed E-state index contributed by atoms with van der Waals surface area (Å²) in [5.41, 5.74) is 2.95. The predicted molar refractivity (Wildman–Crippen MR) is 114 cm³/mol. The minimum atomic E-state index is -4.65. The first-order valence-electron chi connectivity index (χ1n) is 10.3. The molecule has 1 aliphatic carbocycles. The maximum atomic E-state index is 13.9. The van der Waals surface area contributed by atoms with Gasteiger partial charge in [-0.1, -0.05) is 50.2 Å². The molecule has 0 saturated carbocycles. The lowest BCUT2D eigenvalue weighted by molar-refractivity contribution is -0.176. The third kappa shape index (κ3) is 3.97. The molecule has 8 heteroatoms. The summed E-state index contributed by atoms with van der Waals surface area (Å²) < 4.78 is 46.4. The molecular weight excluding hydrogens is 419 g/mol. The Morgan fingerprint density at radius 1 is 1.19 bits per heavy atom. The van der Waals surface area contributed by atoms with Gasteiger partial charge in [-0.05, 0) is 35.2 Å². The van der Waals surface area contributed by atoms with E-state index in [4.69, 9.17) is 4.42 Å². The number of amides is 1. The highest BCUT2D eigenvalue weighted by atomic mass is 19.4. The van der Waals surface area contributed by atoms with Gasteiger partial charge in [-0.3, -0.25) is 4.79 Å². The third-order valence-electron chi connectivity index (χ3n) is 6.24. The first-order chi connectivity index (χ1) is 15.1. The summed E-state index contributed by atoms with van der Waals surface area (Å²) in [5.74, 6) is -0.867. The van der Waals surface area contributed by atoms with Gasteiger partial charge >= 0.3 is 6.18 Å². The number of halogens is 3. The van der Waals surface area contributed by atoms with Crippen molar-refractivity contribution in [2.75, 3.05) is 12.4 Å². The van der Waals surface area contributed by atoms with Crippen LogP contribution in [0.4, 0.5) is 18.9 Å². The summed E-state index contributed by atoms with van der Waals surface area (Å²) in [6, 6.07) is 12.3. The highest BCUT2D eigenvalue weighted by molar-refractivity contribution is 5.92. The zero-order valence-corrected chi connectivity index (χ0v) is 18.0. The number of carbonyl (C=O) groups is 1. The Morgan fingerprint density at radius 2 is 1.88 bits per heavy atom. The number of aromatic nitrogens is 1. The zero-order chi connectivity index (χ0) is 23.1. The van der Waals surface area contributed by atoms with Gasteiger partial charge in [0.25, 0.3) is 5.91 Å². The molecule has 0 spiro atoms. The van der Waals surface area contributed by atoms with Crippen LogP contribution in [-0.2, 0) is 11.8 Å². The van der Waals surface area contributed by atoms with Crippen LogP contribution in [0.25, 0.3) is 0 Å². The Hall–Kier alpha value is -3.29. The highest BCUT2D eigenvalue weighted by Gasteiger charge is 2.46. The highest BCUT2D eigenvalue weighted by Crippen LogP contribution is 2.41. The summed E-state index contributed by atoms with van der Waals surface area (Å²) in [4.78, 5) is 16.7. The number of carbonyl (C=O) groups excluding carboxylic acids is 1. The van der Waals surface area contributed by atoms with Crippen LogP contribution in [0.2, 0.25) is 0 Å². The van der Waals surface area contributed by atoms with Gasteiger partial charge in [0.1, 0.15) is 6.26 Å². The molecule has 2 unspecified atom stereocenters. The van der Waals surface area contributed by atoms with Crippen molar-refractivity contribution in [3.05, 3.63) is 83.6 Å². The van der Waals surface area contributed by atoms with Crippen molar-refractivity contribution in [3.63, 3.8) is 0 Å². The molecule has 2 aromatic carbocycles. The molecule has 1 amide bonds. The van der Waals surface area contributed by atoms with Crippen molar-refractivity contribution in [3.8, 4) is 0 Å². The quantitative estimate of drug-likeness (QED) is 0.576. The smallest absolute Gasteiger partial charge is 0.413 e. The van der Waals surface area contributed by atoms with E-state index in [1.807, 2.05) is 12.1 Å². The Balaban J connectivity index is 1.55. The predicted octanol–water partition coefficient (Wildman–Crippen LogP) is 5.36. The van der Waals surface area contributed by atoms with Crippen molar-refractivity contribution >= 4 is 11.6 Å². The van der Waals surface area contributed by atoms with E-state index in [1.165, 1.54) is 23.3 Å². The first-order valence-corrected chi connectivity index (χ1v) is 10.3. The Labute approximate surface area is 184 Å². The van der Waals surface area contributed by atoms with E-state index in [-0.39, 0.29) is 22.7 Å². The molecule has 1 heterocycles. The monoisotopic (exact) mass is 443 g/mol. The molecule has 0 fully saturated rings. The van der Waals surface area contributed by atoms with Crippen molar-refractivity contribution < 1.29 is 22.4 Å². The molecule has 32 heavy (non-hydrogen) atoms. The largest absolute Gasteiger partial charge is 0.451 e. The molecule has 4 rings (SSSR count). The minimum Gasteiger partial charge on any atom is -0.451 e. The summed E-state index contributed by atoms with van der Waals surface area (Å²) in [6.07, 6.45) is -1.78. The van der Waals surface area contributed by atoms with E-state index in [1.54, 1.807) is 12.1 Å². The lowest BCUT2D eigenvalue weighted by Crippen LogP contribution is -2.40. The number of alkyl halides is 3. The Kier molecular flexibility index (Phi) is 5.48. The lowest BCUT2D eigenvalue weighted by atomic mass is 9.83. The molecule has 0 radical (unpaired) electrons.